The summed E-state index contributed by atoms with van der Waals surface area (Å²) in [6, 6.07) is 10.1. The number of hydrogen-bond acceptors (Lipinski definition) is 2. The summed E-state index contributed by atoms with van der Waals surface area (Å²) in [5.41, 5.74) is 11.0. The van der Waals surface area contributed by atoms with Crippen LogP contribution in [0.1, 0.15) is 29.5 Å². The van der Waals surface area contributed by atoms with E-state index in [0.717, 1.165) is 30.5 Å². The molecule has 1 heterocycles. The van der Waals surface area contributed by atoms with Crippen molar-refractivity contribution in [2.24, 2.45) is 10.7 Å². The average Bonchev–Trinajstić information content (AvgIpc) is 2.57. The number of nitrogens with two attached hydrogens (primary N) is 1. The second-order valence-corrected chi connectivity index (χ2v) is 6.17. The van der Waals surface area contributed by atoms with Crippen molar-refractivity contribution in [3.05, 3.63) is 58.4 Å². The molecule has 23 heavy (non-hydrogen) atoms. The molecule has 0 aliphatic heterocycles. The monoisotopic (exact) mass is 328 g/mol. The van der Waals surface area contributed by atoms with E-state index in [-0.39, 0.29) is 0 Å². The molecule has 0 saturated carbocycles. The second-order valence-electron chi connectivity index (χ2n) is 5.78. The van der Waals surface area contributed by atoms with Gasteiger partial charge in [0.2, 0.25) is 0 Å². The predicted octanol–water partition coefficient (Wildman–Crippen LogP) is 3.58. The largest absolute Gasteiger partial charge is 0.370 e. The zero-order valence-electron chi connectivity index (χ0n) is 13.1. The maximum atomic E-state index is 6.03. The molecule has 1 aromatic heterocycles. The number of aryl methyl sites for hydroxylation is 1. The lowest BCUT2D eigenvalue weighted by molar-refractivity contribution is 0.687. The fraction of sp³-hybridized carbons (Fsp3) is 0.333. The van der Waals surface area contributed by atoms with Crippen LogP contribution in [0.5, 0.6) is 0 Å². The van der Waals surface area contributed by atoms with Gasteiger partial charge in [-0.25, -0.2) is 4.98 Å². The second kappa shape index (κ2) is 7.47. The van der Waals surface area contributed by atoms with Crippen LogP contribution in [0.4, 0.5) is 5.69 Å². The minimum atomic E-state index is 0.464. The Morgan fingerprint density at radius 3 is 2.91 bits per heavy atom. The molecule has 0 amide bonds. The first-order valence-electron chi connectivity index (χ1n) is 8.00. The summed E-state index contributed by atoms with van der Waals surface area (Å²) in [5.74, 6) is 0.464. The summed E-state index contributed by atoms with van der Waals surface area (Å²) >= 11 is 5.78. The van der Waals surface area contributed by atoms with Crippen molar-refractivity contribution in [1.82, 2.24) is 4.98 Å². The van der Waals surface area contributed by atoms with E-state index in [1.165, 1.54) is 24.0 Å². The number of hydrogen-bond donors (Lipinski definition) is 2. The predicted molar refractivity (Wildman–Crippen MR) is 96.1 cm³/mol. The average molecular weight is 329 g/mol. The van der Waals surface area contributed by atoms with E-state index in [2.05, 4.69) is 33.5 Å². The molecule has 1 aromatic carbocycles. The van der Waals surface area contributed by atoms with Crippen LogP contribution in [0.25, 0.3) is 0 Å². The Morgan fingerprint density at radius 1 is 1.22 bits per heavy atom. The summed E-state index contributed by atoms with van der Waals surface area (Å²) in [6.45, 7) is 0.622. The Morgan fingerprint density at radius 2 is 2.09 bits per heavy atom. The Balaban J connectivity index is 1.60. The van der Waals surface area contributed by atoms with Crippen LogP contribution >= 0.6 is 11.6 Å². The summed E-state index contributed by atoms with van der Waals surface area (Å²) in [5, 5.41) is 3.76. The first kappa shape index (κ1) is 15.8. The van der Waals surface area contributed by atoms with E-state index in [1.807, 2.05) is 6.07 Å². The van der Waals surface area contributed by atoms with Gasteiger partial charge < -0.3 is 11.1 Å². The van der Waals surface area contributed by atoms with Crippen LogP contribution in [0.3, 0.4) is 0 Å². The number of fused-ring (bicyclic) bond motifs is 1. The molecule has 120 valence electrons. The smallest absolute Gasteiger partial charge is 0.193 e. The fourth-order valence-corrected chi connectivity index (χ4v) is 3.05. The molecule has 0 unspecified atom stereocenters. The standard InChI is InChI=1S/C18H21ClN4/c19-17-9-8-13(12-22-17)10-11-21-18(20)23-16-7-3-5-14-4-1-2-6-15(14)16/h3,5,7-9,12H,1-2,4,6,10-11H2,(H3,20,21,23). The fourth-order valence-electron chi connectivity index (χ4n) is 2.94. The normalized spacial score (nSPS) is 14.4. The first-order valence-corrected chi connectivity index (χ1v) is 8.38. The third-order valence-corrected chi connectivity index (χ3v) is 4.35. The number of halogens is 1. The molecule has 0 atom stereocenters. The highest BCUT2D eigenvalue weighted by Gasteiger charge is 2.12. The molecule has 0 fully saturated rings. The minimum absolute atomic E-state index is 0.464. The van der Waals surface area contributed by atoms with E-state index in [4.69, 9.17) is 17.3 Å². The molecule has 0 spiro atoms. The molecule has 5 heteroatoms. The van der Waals surface area contributed by atoms with Crippen molar-refractivity contribution in [2.45, 2.75) is 32.1 Å². The zero-order chi connectivity index (χ0) is 16.1. The van der Waals surface area contributed by atoms with Crippen molar-refractivity contribution in [2.75, 3.05) is 11.9 Å². The van der Waals surface area contributed by atoms with Gasteiger partial charge in [-0.1, -0.05) is 29.8 Å². The molecular weight excluding hydrogens is 308 g/mol. The van der Waals surface area contributed by atoms with Crippen molar-refractivity contribution in [3.63, 3.8) is 0 Å². The van der Waals surface area contributed by atoms with Crippen molar-refractivity contribution in [3.8, 4) is 0 Å². The van der Waals surface area contributed by atoms with Crippen LogP contribution in [-0.4, -0.2) is 17.5 Å². The highest BCUT2D eigenvalue weighted by atomic mass is 35.5. The van der Waals surface area contributed by atoms with E-state index in [1.54, 1.807) is 12.3 Å². The summed E-state index contributed by atoms with van der Waals surface area (Å²) in [7, 11) is 0. The van der Waals surface area contributed by atoms with Gasteiger partial charge in [0.05, 0.1) is 0 Å². The van der Waals surface area contributed by atoms with Gasteiger partial charge in [0.15, 0.2) is 5.96 Å². The number of guanidine groups is 1. The Hall–Kier alpha value is -2.07. The zero-order valence-corrected chi connectivity index (χ0v) is 13.8. The number of aromatic nitrogens is 1. The van der Waals surface area contributed by atoms with Crippen LogP contribution in [0.15, 0.2) is 41.5 Å². The number of nitrogens with zero attached hydrogens (tertiary/aromatic N) is 2. The molecule has 3 N–H and O–H groups in total. The van der Waals surface area contributed by atoms with Gasteiger partial charge in [0, 0.05) is 18.4 Å². The number of anilines is 1. The molecule has 1 aliphatic rings. The Bertz CT molecular complexity index is 695. The van der Waals surface area contributed by atoms with Gasteiger partial charge in [-0.15, -0.1) is 0 Å². The Kier molecular flexibility index (Phi) is 5.13. The van der Waals surface area contributed by atoms with Gasteiger partial charge in [-0.05, 0) is 60.9 Å². The summed E-state index contributed by atoms with van der Waals surface area (Å²) in [6.07, 6.45) is 7.35. The van der Waals surface area contributed by atoms with Gasteiger partial charge in [0.1, 0.15) is 5.15 Å². The van der Waals surface area contributed by atoms with E-state index >= 15 is 0 Å². The summed E-state index contributed by atoms with van der Waals surface area (Å²) < 4.78 is 0. The number of benzene rings is 1. The molecular formula is C18H21ClN4. The van der Waals surface area contributed by atoms with Gasteiger partial charge >= 0.3 is 0 Å². The maximum Gasteiger partial charge on any atom is 0.193 e. The highest BCUT2D eigenvalue weighted by Crippen LogP contribution is 2.27. The van der Waals surface area contributed by atoms with Gasteiger partial charge in [-0.3, -0.25) is 4.99 Å². The molecule has 2 aromatic rings. The van der Waals surface area contributed by atoms with E-state index in [9.17, 15) is 0 Å². The van der Waals surface area contributed by atoms with Crippen LogP contribution < -0.4 is 11.1 Å². The van der Waals surface area contributed by atoms with E-state index in [0.29, 0.717) is 17.7 Å². The van der Waals surface area contributed by atoms with E-state index < -0.39 is 0 Å². The summed E-state index contributed by atoms with van der Waals surface area (Å²) in [4.78, 5) is 8.47. The molecule has 0 bridgehead atoms. The third-order valence-electron chi connectivity index (χ3n) is 4.13. The molecule has 0 radical (unpaired) electrons. The third kappa shape index (κ3) is 4.23. The van der Waals surface area contributed by atoms with Crippen molar-refractivity contribution >= 4 is 23.2 Å². The van der Waals surface area contributed by atoms with Crippen LogP contribution in [0.2, 0.25) is 5.15 Å². The number of nitrogens with one attached hydrogen (secondary N) is 1. The van der Waals surface area contributed by atoms with Crippen molar-refractivity contribution in [1.29, 1.82) is 0 Å². The number of rotatable bonds is 4. The lowest BCUT2D eigenvalue weighted by atomic mass is 9.90. The SMILES string of the molecule is NC(=NCCc1ccc(Cl)nc1)Nc1cccc2c1CCCC2. The van der Waals surface area contributed by atoms with Gasteiger partial charge in [-0.2, -0.15) is 0 Å². The molecule has 3 rings (SSSR count). The highest BCUT2D eigenvalue weighted by molar-refractivity contribution is 6.29. The lowest BCUT2D eigenvalue weighted by Crippen LogP contribution is -2.24. The van der Waals surface area contributed by atoms with Crippen LogP contribution in [0, 0.1) is 0 Å². The number of pyridine rings is 1. The first-order chi connectivity index (χ1) is 11.2. The quantitative estimate of drug-likeness (QED) is 0.512. The van der Waals surface area contributed by atoms with Gasteiger partial charge in [0.25, 0.3) is 0 Å². The van der Waals surface area contributed by atoms with Crippen LogP contribution in [-0.2, 0) is 19.3 Å². The topological polar surface area (TPSA) is 63.3 Å². The molecule has 0 saturated heterocycles. The maximum absolute atomic E-state index is 6.03. The lowest BCUT2D eigenvalue weighted by Gasteiger charge is -2.19. The minimum Gasteiger partial charge on any atom is -0.370 e. The molecule has 4 nitrogen and oxygen atoms in total. The molecule has 1 aliphatic carbocycles. The number of aliphatic imine (C=N–C) groups is 1. The Labute approximate surface area is 141 Å². The van der Waals surface area contributed by atoms with Crippen molar-refractivity contribution < 1.29 is 0 Å².